The van der Waals surface area contributed by atoms with Gasteiger partial charge in [0.2, 0.25) is 11.8 Å². The maximum Gasteiger partial charge on any atom is 0.304 e. The van der Waals surface area contributed by atoms with Gasteiger partial charge in [0, 0.05) is 33.6 Å². The first-order valence-electron chi connectivity index (χ1n) is 13.7. The Bertz CT molecular complexity index is 1500. The molecular formula is C31H38Cl2N4O4S. The molecule has 8 nitrogen and oxygen atoms in total. The molecule has 0 saturated carbocycles. The molecule has 0 heterocycles. The first kappa shape index (κ1) is 33.4. The van der Waals surface area contributed by atoms with Crippen molar-refractivity contribution in [3.63, 3.8) is 0 Å². The molecule has 42 heavy (non-hydrogen) atoms. The summed E-state index contributed by atoms with van der Waals surface area (Å²) in [6.45, 7) is 5.52. The normalized spacial score (nSPS) is 12.2. The van der Waals surface area contributed by atoms with Gasteiger partial charge >= 0.3 is 10.2 Å². The second kappa shape index (κ2) is 14.9. The van der Waals surface area contributed by atoms with Crippen molar-refractivity contribution in [3.05, 3.63) is 99.0 Å². The second-order valence-electron chi connectivity index (χ2n) is 10.4. The van der Waals surface area contributed by atoms with Gasteiger partial charge in [-0.3, -0.25) is 9.59 Å². The van der Waals surface area contributed by atoms with Gasteiger partial charge in [-0.1, -0.05) is 78.7 Å². The average molecular weight is 634 g/mol. The van der Waals surface area contributed by atoms with E-state index in [1.54, 1.807) is 31.2 Å². The van der Waals surface area contributed by atoms with Gasteiger partial charge in [-0.2, -0.15) is 12.7 Å². The van der Waals surface area contributed by atoms with Crippen molar-refractivity contribution in [2.45, 2.75) is 46.2 Å². The number of hydrogen-bond acceptors (Lipinski definition) is 4. The molecule has 0 aromatic heterocycles. The standard InChI is InChI=1S/C31H38Cl2N4O4S/c1-6-16-34-31(39)29(19-24-10-8-7-9-11-24)36(20-25-14-15-26(32)27(33)18-25)30(38)21-37(42(40,41)35(4)5)28-17-22(2)12-13-23(28)3/h7-15,17-18,29H,6,16,19-21H2,1-5H3,(H,34,39). The van der Waals surface area contributed by atoms with Crippen LogP contribution in [0.25, 0.3) is 0 Å². The molecule has 11 heteroatoms. The van der Waals surface area contributed by atoms with Gasteiger partial charge in [0.1, 0.15) is 12.6 Å². The number of rotatable bonds is 13. The van der Waals surface area contributed by atoms with E-state index in [1.165, 1.54) is 19.0 Å². The Labute approximate surface area is 259 Å². The SMILES string of the molecule is CCCNC(=O)C(Cc1ccccc1)N(Cc1ccc(Cl)c(Cl)c1)C(=O)CN(c1cc(C)ccc1C)S(=O)(=O)N(C)C. The minimum atomic E-state index is -4.08. The number of carbonyl (C=O) groups is 2. The van der Waals surface area contributed by atoms with Crippen LogP contribution in [-0.4, -0.2) is 62.7 Å². The molecule has 2 amide bonds. The maximum absolute atomic E-state index is 14.3. The molecule has 0 bridgehead atoms. The lowest BCUT2D eigenvalue weighted by Crippen LogP contribution is -2.54. The number of aryl methyl sites for hydroxylation is 2. The summed E-state index contributed by atoms with van der Waals surface area (Å²) < 4.78 is 29.4. The summed E-state index contributed by atoms with van der Waals surface area (Å²) in [5.41, 5.74) is 3.43. The quantitative estimate of drug-likeness (QED) is 0.274. The van der Waals surface area contributed by atoms with Crippen molar-refractivity contribution in [3.8, 4) is 0 Å². The van der Waals surface area contributed by atoms with E-state index in [-0.39, 0.29) is 18.9 Å². The fourth-order valence-electron chi connectivity index (χ4n) is 4.44. The number of amides is 2. The Morgan fingerprint density at radius 1 is 0.905 bits per heavy atom. The van der Waals surface area contributed by atoms with Crippen molar-refractivity contribution >= 4 is 50.9 Å². The van der Waals surface area contributed by atoms with Crippen molar-refractivity contribution in [2.75, 3.05) is 31.5 Å². The topological polar surface area (TPSA) is 90.0 Å². The van der Waals surface area contributed by atoms with Crippen LogP contribution in [0.1, 0.15) is 35.6 Å². The highest BCUT2D eigenvalue weighted by atomic mass is 35.5. The Morgan fingerprint density at radius 2 is 1.60 bits per heavy atom. The molecule has 0 aliphatic rings. The Morgan fingerprint density at radius 3 is 2.21 bits per heavy atom. The minimum absolute atomic E-state index is 0.00934. The molecule has 226 valence electrons. The van der Waals surface area contributed by atoms with Crippen LogP contribution in [0.5, 0.6) is 0 Å². The summed E-state index contributed by atoms with van der Waals surface area (Å²) in [4.78, 5) is 29.4. The number of nitrogens with one attached hydrogen (secondary N) is 1. The highest BCUT2D eigenvalue weighted by molar-refractivity contribution is 7.90. The van der Waals surface area contributed by atoms with E-state index in [2.05, 4.69) is 5.32 Å². The maximum atomic E-state index is 14.3. The number of carbonyl (C=O) groups excluding carboxylic acids is 2. The third kappa shape index (κ3) is 8.47. The van der Waals surface area contributed by atoms with Gasteiger partial charge in [-0.15, -0.1) is 0 Å². The summed E-state index contributed by atoms with van der Waals surface area (Å²) in [5.74, 6) is -0.872. The summed E-state index contributed by atoms with van der Waals surface area (Å²) in [6.07, 6.45) is 0.944. The predicted molar refractivity (Wildman–Crippen MR) is 170 cm³/mol. The minimum Gasteiger partial charge on any atom is -0.354 e. The van der Waals surface area contributed by atoms with E-state index in [0.29, 0.717) is 39.8 Å². The Hall–Kier alpha value is -3.11. The fraction of sp³-hybridized carbons (Fsp3) is 0.355. The predicted octanol–water partition coefficient (Wildman–Crippen LogP) is 5.39. The van der Waals surface area contributed by atoms with Crippen LogP contribution < -0.4 is 9.62 Å². The zero-order valence-electron chi connectivity index (χ0n) is 24.6. The van der Waals surface area contributed by atoms with E-state index < -0.39 is 28.7 Å². The van der Waals surface area contributed by atoms with E-state index in [9.17, 15) is 18.0 Å². The van der Waals surface area contributed by atoms with Gasteiger partial charge in [-0.25, -0.2) is 4.31 Å². The summed E-state index contributed by atoms with van der Waals surface area (Å²) in [6, 6.07) is 18.9. The largest absolute Gasteiger partial charge is 0.354 e. The molecule has 0 fully saturated rings. The van der Waals surface area contributed by atoms with Gasteiger partial charge in [-0.05, 0) is 60.7 Å². The summed E-state index contributed by atoms with van der Waals surface area (Å²) in [5, 5.41) is 3.59. The number of halogens is 2. The first-order chi connectivity index (χ1) is 19.8. The van der Waals surface area contributed by atoms with Crippen LogP contribution in [0.2, 0.25) is 10.0 Å². The lowest BCUT2D eigenvalue weighted by atomic mass is 10.0. The molecule has 3 aromatic rings. The van der Waals surface area contributed by atoms with Crippen molar-refractivity contribution in [2.24, 2.45) is 0 Å². The third-order valence-corrected chi connectivity index (χ3v) is 9.35. The molecule has 0 aliphatic carbocycles. The molecular weight excluding hydrogens is 595 g/mol. The zero-order valence-corrected chi connectivity index (χ0v) is 26.9. The molecule has 0 saturated heterocycles. The lowest BCUT2D eigenvalue weighted by molar-refractivity contribution is -0.140. The highest BCUT2D eigenvalue weighted by Crippen LogP contribution is 2.27. The van der Waals surface area contributed by atoms with E-state index in [1.807, 2.05) is 56.3 Å². The van der Waals surface area contributed by atoms with Crippen LogP contribution in [0.3, 0.4) is 0 Å². The Balaban J connectivity index is 2.13. The van der Waals surface area contributed by atoms with Gasteiger partial charge in [0.25, 0.3) is 0 Å². The number of nitrogens with zero attached hydrogens (tertiary/aromatic N) is 3. The number of benzene rings is 3. The molecule has 3 aromatic carbocycles. The highest BCUT2D eigenvalue weighted by Gasteiger charge is 2.35. The monoisotopic (exact) mass is 632 g/mol. The number of anilines is 1. The van der Waals surface area contributed by atoms with Crippen LogP contribution >= 0.6 is 23.2 Å². The summed E-state index contributed by atoms with van der Waals surface area (Å²) >= 11 is 12.4. The first-order valence-corrected chi connectivity index (χ1v) is 15.8. The molecule has 1 atom stereocenters. The van der Waals surface area contributed by atoms with Crippen LogP contribution in [0, 0.1) is 13.8 Å². The van der Waals surface area contributed by atoms with Crippen molar-refractivity contribution in [1.82, 2.24) is 14.5 Å². The summed E-state index contributed by atoms with van der Waals surface area (Å²) in [7, 11) is -1.25. The van der Waals surface area contributed by atoms with Gasteiger partial charge in [0.05, 0.1) is 15.7 Å². The van der Waals surface area contributed by atoms with Gasteiger partial charge in [0.15, 0.2) is 0 Å². The van der Waals surface area contributed by atoms with E-state index in [4.69, 9.17) is 23.2 Å². The average Bonchev–Trinajstić information content (AvgIpc) is 2.95. The zero-order chi connectivity index (χ0) is 31.0. The molecule has 1 unspecified atom stereocenters. The second-order valence-corrected chi connectivity index (χ2v) is 13.2. The van der Waals surface area contributed by atoms with Gasteiger partial charge < -0.3 is 10.2 Å². The molecule has 1 N–H and O–H groups in total. The fourth-order valence-corrected chi connectivity index (χ4v) is 5.88. The molecule has 0 spiro atoms. The molecule has 3 rings (SSSR count). The van der Waals surface area contributed by atoms with E-state index >= 15 is 0 Å². The number of hydrogen-bond donors (Lipinski definition) is 1. The van der Waals surface area contributed by atoms with Crippen molar-refractivity contribution in [1.29, 1.82) is 0 Å². The lowest BCUT2D eigenvalue weighted by Gasteiger charge is -2.35. The molecule has 0 radical (unpaired) electrons. The molecule has 0 aliphatic heterocycles. The van der Waals surface area contributed by atoms with Crippen LogP contribution in [0.15, 0.2) is 66.7 Å². The Kier molecular flexibility index (Phi) is 11.8. The van der Waals surface area contributed by atoms with Crippen LogP contribution in [0.4, 0.5) is 5.69 Å². The third-order valence-electron chi connectivity index (χ3n) is 6.81. The van der Waals surface area contributed by atoms with Crippen molar-refractivity contribution < 1.29 is 18.0 Å². The van der Waals surface area contributed by atoms with E-state index in [0.717, 1.165) is 19.7 Å². The van der Waals surface area contributed by atoms with Crippen LogP contribution in [-0.2, 0) is 32.8 Å². The smallest absolute Gasteiger partial charge is 0.304 e.